The van der Waals surface area contributed by atoms with Gasteiger partial charge in [0.05, 0.1) is 18.1 Å². The van der Waals surface area contributed by atoms with Crippen LogP contribution < -0.4 is 0 Å². The van der Waals surface area contributed by atoms with Crippen molar-refractivity contribution in [1.82, 2.24) is 0 Å². The van der Waals surface area contributed by atoms with E-state index in [0.717, 1.165) is 25.7 Å². The van der Waals surface area contributed by atoms with Gasteiger partial charge >= 0.3 is 0 Å². The smallest absolute Gasteiger partial charge is 0.141 e. The van der Waals surface area contributed by atoms with E-state index in [0.29, 0.717) is 24.7 Å². The van der Waals surface area contributed by atoms with Gasteiger partial charge in [-0.2, -0.15) is 0 Å². The highest BCUT2D eigenvalue weighted by Gasteiger charge is 2.68. The van der Waals surface area contributed by atoms with Gasteiger partial charge in [0.2, 0.25) is 0 Å². The van der Waals surface area contributed by atoms with E-state index in [1.54, 1.807) is 0 Å². The fraction of sp³-hybridized carbons (Fsp3) is 0.850. The average molecular weight is 318 g/mol. The summed E-state index contributed by atoms with van der Waals surface area (Å²) >= 11 is 0. The molecule has 0 radical (unpaired) electrons. The van der Waals surface area contributed by atoms with Crippen molar-refractivity contribution >= 4 is 5.78 Å². The monoisotopic (exact) mass is 318 g/mol. The van der Waals surface area contributed by atoms with Crippen molar-refractivity contribution in [1.29, 1.82) is 0 Å². The summed E-state index contributed by atoms with van der Waals surface area (Å²) in [5.41, 5.74) is 0.704. The quantitative estimate of drug-likeness (QED) is 0.731. The van der Waals surface area contributed by atoms with Crippen molar-refractivity contribution in [2.24, 2.45) is 34.0 Å². The van der Waals surface area contributed by atoms with Gasteiger partial charge in [-0.3, -0.25) is 4.79 Å². The predicted molar refractivity (Wildman–Crippen MR) is 88.7 cm³/mol. The van der Waals surface area contributed by atoms with E-state index in [9.17, 15) is 15.0 Å². The van der Waals surface area contributed by atoms with E-state index in [1.807, 2.05) is 6.92 Å². The van der Waals surface area contributed by atoms with Crippen LogP contribution in [0.2, 0.25) is 0 Å². The van der Waals surface area contributed by atoms with Gasteiger partial charge < -0.3 is 10.2 Å². The Hall–Kier alpha value is -0.670. The van der Waals surface area contributed by atoms with Crippen LogP contribution in [0.1, 0.15) is 58.8 Å². The van der Waals surface area contributed by atoms with Crippen LogP contribution in [0.15, 0.2) is 12.2 Å². The molecule has 3 nitrogen and oxygen atoms in total. The number of allylic oxidation sites excluding steroid dienone is 1. The second-order valence-electron chi connectivity index (χ2n) is 9.41. The molecule has 4 rings (SSSR count). The second kappa shape index (κ2) is 4.70. The highest BCUT2D eigenvalue weighted by molar-refractivity contribution is 5.86. The zero-order valence-corrected chi connectivity index (χ0v) is 14.5. The number of aliphatic hydroxyl groups is 2. The lowest BCUT2D eigenvalue weighted by atomic mass is 9.40. The molecule has 23 heavy (non-hydrogen) atoms. The number of carbonyl (C=O) groups excluding carboxylic acids is 1. The third kappa shape index (κ3) is 1.76. The third-order valence-corrected chi connectivity index (χ3v) is 8.60. The maximum absolute atomic E-state index is 12.6. The largest absolute Gasteiger partial charge is 0.395 e. The number of ketones is 1. The van der Waals surface area contributed by atoms with Gasteiger partial charge in [-0.05, 0) is 61.7 Å². The van der Waals surface area contributed by atoms with Gasteiger partial charge in [0, 0.05) is 11.8 Å². The molecule has 0 aliphatic heterocycles. The maximum atomic E-state index is 12.6. The Labute approximate surface area is 139 Å². The SMILES string of the molecule is C=C1C[C@]23C[C@H]1CC[C@H]2[C@]1(C)CCC(=O)[C@](C)(CO)[C@H]1C[C@@H]3O. The lowest BCUT2D eigenvalue weighted by Gasteiger charge is -2.64. The van der Waals surface area contributed by atoms with Crippen molar-refractivity contribution in [3.63, 3.8) is 0 Å². The standard InChI is InChI=1S/C20H30O3/c1-12-9-20-10-13(12)4-5-14(20)18(2)7-6-16(22)19(3,11-21)15(18)8-17(20)23/h13-15,17,21,23H,1,4-11H2,2-3H3/t13-,14+,15+,17+,18+,19-,20+/m1/s1. The molecule has 0 aromatic rings. The molecule has 1 spiro atoms. The number of carbonyl (C=O) groups is 1. The Morgan fingerprint density at radius 2 is 2.00 bits per heavy atom. The van der Waals surface area contributed by atoms with Crippen molar-refractivity contribution < 1.29 is 15.0 Å². The van der Waals surface area contributed by atoms with Crippen LogP contribution in [0.25, 0.3) is 0 Å². The summed E-state index contributed by atoms with van der Waals surface area (Å²) in [6, 6.07) is 0. The van der Waals surface area contributed by atoms with E-state index in [-0.39, 0.29) is 35.2 Å². The summed E-state index contributed by atoms with van der Waals surface area (Å²) in [6.07, 6.45) is 6.19. The van der Waals surface area contributed by atoms with E-state index < -0.39 is 5.41 Å². The first kappa shape index (κ1) is 15.8. The van der Waals surface area contributed by atoms with Crippen molar-refractivity contribution in [3.8, 4) is 0 Å². The van der Waals surface area contributed by atoms with Crippen LogP contribution in [-0.2, 0) is 4.79 Å². The molecule has 4 saturated carbocycles. The van der Waals surface area contributed by atoms with Crippen LogP contribution in [-0.4, -0.2) is 28.7 Å². The molecule has 128 valence electrons. The lowest BCUT2D eigenvalue weighted by Crippen LogP contribution is -2.64. The van der Waals surface area contributed by atoms with Gasteiger partial charge in [0.1, 0.15) is 5.78 Å². The molecular formula is C20H30O3. The highest BCUT2D eigenvalue weighted by atomic mass is 16.3. The molecule has 0 saturated heterocycles. The zero-order valence-electron chi connectivity index (χ0n) is 14.5. The number of aliphatic hydroxyl groups excluding tert-OH is 2. The average Bonchev–Trinajstić information content (AvgIpc) is 2.78. The molecule has 4 aliphatic carbocycles. The van der Waals surface area contributed by atoms with Crippen LogP contribution in [0.4, 0.5) is 0 Å². The Morgan fingerprint density at radius 3 is 2.70 bits per heavy atom. The van der Waals surface area contributed by atoms with Crippen molar-refractivity contribution in [3.05, 3.63) is 12.2 Å². The van der Waals surface area contributed by atoms with Gasteiger partial charge in [0.25, 0.3) is 0 Å². The summed E-state index contributed by atoms with van der Waals surface area (Å²) in [7, 11) is 0. The fourth-order valence-corrected chi connectivity index (χ4v) is 7.31. The van der Waals surface area contributed by atoms with Crippen molar-refractivity contribution in [2.45, 2.75) is 64.9 Å². The van der Waals surface area contributed by atoms with E-state index >= 15 is 0 Å². The Balaban J connectivity index is 1.80. The number of rotatable bonds is 1. The predicted octanol–water partition coefficient (Wildman–Crippen LogP) is 3.10. The van der Waals surface area contributed by atoms with Gasteiger partial charge in [-0.1, -0.05) is 26.0 Å². The first-order valence-electron chi connectivity index (χ1n) is 9.28. The highest BCUT2D eigenvalue weighted by Crippen LogP contribution is 2.71. The summed E-state index contributed by atoms with van der Waals surface area (Å²) in [5, 5.41) is 21.1. The minimum Gasteiger partial charge on any atom is -0.395 e. The fourth-order valence-electron chi connectivity index (χ4n) is 7.31. The summed E-state index contributed by atoms with van der Waals surface area (Å²) < 4.78 is 0. The van der Waals surface area contributed by atoms with Crippen LogP contribution >= 0.6 is 0 Å². The van der Waals surface area contributed by atoms with E-state index in [2.05, 4.69) is 13.5 Å². The lowest BCUT2D eigenvalue weighted by molar-refractivity contribution is -0.204. The van der Waals surface area contributed by atoms with Crippen LogP contribution in [0.5, 0.6) is 0 Å². The number of Topliss-reactive ketones (excluding diaryl/α,β-unsaturated/α-hetero) is 1. The first-order valence-corrected chi connectivity index (χ1v) is 9.28. The Kier molecular flexibility index (Phi) is 3.23. The van der Waals surface area contributed by atoms with E-state index in [1.165, 1.54) is 12.0 Å². The topological polar surface area (TPSA) is 57.5 Å². The number of hydrogen-bond acceptors (Lipinski definition) is 3. The molecule has 2 N–H and O–H groups in total. The van der Waals surface area contributed by atoms with Gasteiger partial charge in [0.15, 0.2) is 0 Å². The minimum absolute atomic E-state index is 0.0119. The Bertz CT molecular complexity index is 569. The van der Waals surface area contributed by atoms with Crippen LogP contribution in [0, 0.1) is 34.0 Å². The van der Waals surface area contributed by atoms with Gasteiger partial charge in [-0.15, -0.1) is 0 Å². The molecule has 0 heterocycles. The summed E-state index contributed by atoms with van der Waals surface area (Å²) in [5.74, 6) is 1.33. The molecular weight excluding hydrogens is 288 g/mol. The molecule has 3 heteroatoms. The molecule has 0 amide bonds. The summed E-state index contributed by atoms with van der Waals surface area (Å²) in [4.78, 5) is 12.6. The minimum atomic E-state index is -0.679. The zero-order chi connectivity index (χ0) is 16.6. The van der Waals surface area contributed by atoms with E-state index in [4.69, 9.17) is 0 Å². The second-order valence-corrected chi connectivity index (χ2v) is 9.41. The molecule has 2 bridgehead atoms. The number of hydrogen-bond donors (Lipinski definition) is 2. The molecule has 0 unspecified atom stereocenters. The number of fused-ring (bicyclic) bond motifs is 3. The third-order valence-electron chi connectivity index (χ3n) is 8.60. The van der Waals surface area contributed by atoms with Crippen LogP contribution in [0.3, 0.4) is 0 Å². The van der Waals surface area contributed by atoms with Gasteiger partial charge in [-0.25, -0.2) is 0 Å². The molecule has 0 aromatic heterocycles. The first-order chi connectivity index (χ1) is 10.8. The van der Waals surface area contributed by atoms with Crippen molar-refractivity contribution in [2.75, 3.05) is 6.61 Å². The normalized spacial score (nSPS) is 55.5. The molecule has 0 aromatic carbocycles. The molecule has 4 fully saturated rings. The maximum Gasteiger partial charge on any atom is 0.141 e. The molecule has 7 atom stereocenters. The summed E-state index contributed by atoms with van der Waals surface area (Å²) in [6.45, 7) is 8.48. The molecule has 4 aliphatic rings. The Morgan fingerprint density at radius 1 is 1.26 bits per heavy atom.